The van der Waals surface area contributed by atoms with E-state index in [0.717, 1.165) is 36.5 Å². The third-order valence-electron chi connectivity index (χ3n) is 4.01. The predicted molar refractivity (Wildman–Crippen MR) is 97.0 cm³/mol. The van der Waals surface area contributed by atoms with Gasteiger partial charge in [0.15, 0.2) is 0 Å². The van der Waals surface area contributed by atoms with Crippen molar-refractivity contribution in [3.63, 3.8) is 0 Å². The average molecular weight is 361 g/mol. The molecule has 1 saturated heterocycles. The monoisotopic (exact) mass is 360 g/mol. The van der Waals surface area contributed by atoms with Crippen LogP contribution < -0.4 is 10.6 Å². The standard InChI is InChI=1S/C18H21ClN4O2/c19-15-4-1-3-13(9-15)6-7-20-18-22-10-14(11-23-18)17(24)21-12-16-5-2-8-25-16/h1,3-4,9-11,16H,2,5-8,12H2,(H,21,24)(H,20,22,23). The van der Waals surface area contributed by atoms with Gasteiger partial charge in [-0.2, -0.15) is 0 Å². The van der Waals surface area contributed by atoms with Crippen LogP contribution in [0.5, 0.6) is 0 Å². The quantitative estimate of drug-likeness (QED) is 0.794. The summed E-state index contributed by atoms with van der Waals surface area (Å²) in [5.74, 6) is 0.318. The molecule has 2 N–H and O–H groups in total. The number of anilines is 1. The largest absolute Gasteiger partial charge is 0.376 e. The van der Waals surface area contributed by atoms with E-state index in [1.807, 2.05) is 24.3 Å². The third kappa shape index (κ3) is 5.41. The summed E-state index contributed by atoms with van der Waals surface area (Å²) in [7, 11) is 0. The number of hydrogen-bond acceptors (Lipinski definition) is 5. The van der Waals surface area contributed by atoms with Crippen LogP contribution in [0.25, 0.3) is 0 Å². The van der Waals surface area contributed by atoms with Gasteiger partial charge in [0.05, 0.1) is 11.7 Å². The Morgan fingerprint density at radius 1 is 1.32 bits per heavy atom. The molecule has 1 amide bonds. The van der Waals surface area contributed by atoms with Gasteiger partial charge < -0.3 is 15.4 Å². The van der Waals surface area contributed by atoms with E-state index >= 15 is 0 Å². The van der Waals surface area contributed by atoms with E-state index in [0.29, 0.717) is 24.6 Å². The summed E-state index contributed by atoms with van der Waals surface area (Å²) < 4.78 is 5.48. The summed E-state index contributed by atoms with van der Waals surface area (Å²) in [5.41, 5.74) is 1.59. The highest BCUT2D eigenvalue weighted by Crippen LogP contribution is 2.12. The molecular weight excluding hydrogens is 340 g/mol. The summed E-state index contributed by atoms with van der Waals surface area (Å²) in [5, 5.41) is 6.72. The maximum absolute atomic E-state index is 12.1. The summed E-state index contributed by atoms with van der Waals surface area (Å²) >= 11 is 5.96. The molecule has 7 heteroatoms. The minimum atomic E-state index is -0.180. The minimum Gasteiger partial charge on any atom is -0.376 e. The molecule has 1 aliphatic rings. The summed E-state index contributed by atoms with van der Waals surface area (Å²) in [6.07, 6.45) is 6.04. The van der Waals surface area contributed by atoms with Crippen LogP contribution in [-0.2, 0) is 11.2 Å². The number of benzene rings is 1. The second-order valence-corrected chi connectivity index (χ2v) is 6.38. The number of hydrogen-bond donors (Lipinski definition) is 2. The van der Waals surface area contributed by atoms with E-state index in [-0.39, 0.29) is 12.0 Å². The molecule has 0 bridgehead atoms. The highest BCUT2D eigenvalue weighted by atomic mass is 35.5. The van der Waals surface area contributed by atoms with Crippen LogP contribution in [0.4, 0.5) is 5.95 Å². The molecule has 1 atom stereocenters. The van der Waals surface area contributed by atoms with Crippen LogP contribution in [-0.4, -0.2) is 41.7 Å². The molecule has 25 heavy (non-hydrogen) atoms. The Labute approximate surface area is 152 Å². The second-order valence-electron chi connectivity index (χ2n) is 5.95. The van der Waals surface area contributed by atoms with E-state index in [4.69, 9.17) is 16.3 Å². The molecule has 132 valence electrons. The van der Waals surface area contributed by atoms with E-state index in [9.17, 15) is 4.79 Å². The highest BCUT2D eigenvalue weighted by molar-refractivity contribution is 6.30. The van der Waals surface area contributed by atoms with E-state index in [1.165, 1.54) is 12.4 Å². The Balaban J connectivity index is 1.44. The lowest BCUT2D eigenvalue weighted by atomic mass is 10.1. The molecular formula is C18H21ClN4O2. The normalized spacial score (nSPS) is 16.6. The second kappa shape index (κ2) is 8.78. The first kappa shape index (κ1) is 17.6. The SMILES string of the molecule is O=C(NCC1CCCO1)c1cnc(NCCc2cccc(Cl)c2)nc1. The molecule has 1 fully saturated rings. The van der Waals surface area contributed by atoms with Gasteiger partial charge in [0.2, 0.25) is 5.95 Å². The Bertz CT molecular complexity index is 702. The van der Waals surface area contributed by atoms with Crippen molar-refractivity contribution < 1.29 is 9.53 Å². The first-order valence-electron chi connectivity index (χ1n) is 8.41. The van der Waals surface area contributed by atoms with Crippen molar-refractivity contribution in [2.24, 2.45) is 0 Å². The van der Waals surface area contributed by atoms with Crippen molar-refractivity contribution in [1.29, 1.82) is 0 Å². The van der Waals surface area contributed by atoms with Crippen LogP contribution in [0, 0.1) is 0 Å². The Kier molecular flexibility index (Phi) is 6.19. The van der Waals surface area contributed by atoms with Crippen LogP contribution in [0.1, 0.15) is 28.8 Å². The zero-order valence-corrected chi connectivity index (χ0v) is 14.6. The number of halogens is 1. The molecule has 1 aromatic carbocycles. The van der Waals surface area contributed by atoms with Crippen molar-refractivity contribution in [2.45, 2.75) is 25.4 Å². The molecule has 0 aliphatic carbocycles. The van der Waals surface area contributed by atoms with Crippen molar-refractivity contribution in [3.05, 3.63) is 52.8 Å². The van der Waals surface area contributed by atoms with Crippen LogP contribution >= 0.6 is 11.6 Å². The van der Waals surface area contributed by atoms with Gasteiger partial charge in [-0.1, -0.05) is 23.7 Å². The van der Waals surface area contributed by atoms with E-state index in [2.05, 4.69) is 20.6 Å². The average Bonchev–Trinajstić information content (AvgIpc) is 3.14. The van der Waals surface area contributed by atoms with Gasteiger partial charge in [-0.3, -0.25) is 4.79 Å². The van der Waals surface area contributed by atoms with Gasteiger partial charge in [-0.15, -0.1) is 0 Å². The molecule has 2 heterocycles. The van der Waals surface area contributed by atoms with Crippen LogP contribution in [0.3, 0.4) is 0 Å². The lowest BCUT2D eigenvalue weighted by molar-refractivity contribution is 0.0857. The number of carbonyl (C=O) groups is 1. The Hall–Kier alpha value is -2.18. The number of nitrogens with one attached hydrogen (secondary N) is 2. The summed E-state index contributed by atoms with van der Waals surface area (Å²) in [6, 6.07) is 7.74. The predicted octanol–water partition coefficient (Wildman–Crippen LogP) is 2.69. The van der Waals surface area contributed by atoms with Crippen molar-refractivity contribution in [1.82, 2.24) is 15.3 Å². The molecule has 6 nitrogen and oxygen atoms in total. The first-order valence-corrected chi connectivity index (χ1v) is 8.78. The van der Waals surface area contributed by atoms with Crippen molar-refractivity contribution in [2.75, 3.05) is 25.0 Å². The van der Waals surface area contributed by atoms with E-state index in [1.54, 1.807) is 0 Å². The zero-order chi connectivity index (χ0) is 17.5. The Morgan fingerprint density at radius 2 is 2.16 bits per heavy atom. The molecule has 1 unspecified atom stereocenters. The number of carbonyl (C=O) groups excluding carboxylic acids is 1. The number of aromatic nitrogens is 2. The summed E-state index contributed by atoms with van der Waals surface area (Å²) in [4.78, 5) is 20.4. The van der Waals surface area contributed by atoms with Crippen LogP contribution in [0.2, 0.25) is 5.02 Å². The highest BCUT2D eigenvalue weighted by Gasteiger charge is 2.16. The number of ether oxygens (including phenoxy) is 1. The molecule has 1 aliphatic heterocycles. The van der Waals surface area contributed by atoms with Gasteiger partial charge >= 0.3 is 0 Å². The zero-order valence-electron chi connectivity index (χ0n) is 13.9. The molecule has 0 spiro atoms. The van der Waals surface area contributed by atoms with Gasteiger partial charge in [-0.25, -0.2) is 9.97 Å². The fourth-order valence-electron chi connectivity index (χ4n) is 2.66. The number of nitrogens with zero attached hydrogens (tertiary/aromatic N) is 2. The lowest BCUT2D eigenvalue weighted by Crippen LogP contribution is -2.31. The molecule has 3 rings (SSSR count). The number of amides is 1. The smallest absolute Gasteiger partial charge is 0.254 e. The van der Waals surface area contributed by atoms with E-state index < -0.39 is 0 Å². The Morgan fingerprint density at radius 3 is 2.88 bits per heavy atom. The fraction of sp³-hybridized carbons (Fsp3) is 0.389. The van der Waals surface area contributed by atoms with Crippen molar-refractivity contribution >= 4 is 23.5 Å². The fourth-order valence-corrected chi connectivity index (χ4v) is 2.87. The van der Waals surface area contributed by atoms with Gasteiger partial charge in [0, 0.05) is 37.1 Å². The van der Waals surface area contributed by atoms with Crippen LogP contribution in [0.15, 0.2) is 36.7 Å². The third-order valence-corrected chi connectivity index (χ3v) is 4.25. The van der Waals surface area contributed by atoms with Crippen molar-refractivity contribution in [3.8, 4) is 0 Å². The maximum Gasteiger partial charge on any atom is 0.254 e. The number of rotatable bonds is 7. The summed E-state index contributed by atoms with van der Waals surface area (Å²) in [6.45, 7) is 1.99. The van der Waals surface area contributed by atoms with Gasteiger partial charge in [0.25, 0.3) is 5.91 Å². The van der Waals surface area contributed by atoms with Gasteiger partial charge in [-0.05, 0) is 37.0 Å². The maximum atomic E-state index is 12.1. The lowest BCUT2D eigenvalue weighted by Gasteiger charge is -2.10. The molecule has 0 saturated carbocycles. The van der Waals surface area contributed by atoms with Gasteiger partial charge in [0.1, 0.15) is 0 Å². The molecule has 0 radical (unpaired) electrons. The minimum absolute atomic E-state index is 0.122. The first-order chi connectivity index (χ1) is 12.2. The molecule has 2 aromatic rings. The topological polar surface area (TPSA) is 76.1 Å². The molecule has 1 aromatic heterocycles.